The fraction of sp³-hybridized carbons (Fsp3) is 0.667. The number of carbonyl (C=O) groups is 1. The molecule has 76 valence electrons. The normalized spacial score (nSPS) is 11.0. The lowest BCUT2D eigenvalue weighted by Crippen LogP contribution is -2.30. The van der Waals surface area contributed by atoms with Crippen LogP contribution in [0.25, 0.3) is 0 Å². The van der Waals surface area contributed by atoms with Crippen LogP contribution < -0.4 is 5.32 Å². The number of likely N-dealkylation sites (N-methyl/N-ethyl adjacent to an activating group) is 1. The van der Waals surface area contributed by atoms with E-state index in [1.54, 1.807) is 0 Å². The zero-order valence-electron chi connectivity index (χ0n) is 8.29. The van der Waals surface area contributed by atoms with Crippen molar-refractivity contribution in [3.05, 3.63) is 12.3 Å². The molecule has 0 rings (SSSR count). The van der Waals surface area contributed by atoms with Crippen LogP contribution in [0, 0.1) is 0 Å². The van der Waals surface area contributed by atoms with Gasteiger partial charge in [0.15, 0.2) is 0 Å². The third-order valence-corrected chi connectivity index (χ3v) is 1.81. The highest BCUT2D eigenvalue weighted by Crippen LogP contribution is 1.83. The van der Waals surface area contributed by atoms with Gasteiger partial charge in [-0.1, -0.05) is 13.8 Å². The van der Waals surface area contributed by atoms with Crippen molar-refractivity contribution in [3.63, 3.8) is 0 Å². The molecule has 0 heterocycles. The summed E-state index contributed by atoms with van der Waals surface area (Å²) in [6, 6.07) is 0. The van der Waals surface area contributed by atoms with Crippen LogP contribution in [0.15, 0.2) is 12.3 Å². The van der Waals surface area contributed by atoms with Crippen LogP contribution in [0.2, 0.25) is 0 Å². The first kappa shape index (κ1) is 12.0. The van der Waals surface area contributed by atoms with Gasteiger partial charge in [0.05, 0.1) is 0 Å². The first-order valence-electron chi connectivity index (χ1n) is 4.55. The van der Waals surface area contributed by atoms with Gasteiger partial charge in [0.2, 0.25) is 0 Å². The zero-order chi connectivity index (χ0) is 10.1. The Morgan fingerprint density at radius 2 is 2.08 bits per heavy atom. The van der Waals surface area contributed by atoms with Crippen molar-refractivity contribution in [1.29, 1.82) is 0 Å². The second-order valence-corrected chi connectivity index (χ2v) is 2.65. The molecule has 0 aliphatic heterocycles. The Hall–Kier alpha value is -1.03. The van der Waals surface area contributed by atoms with Gasteiger partial charge in [0.1, 0.15) is 0 Å². The summed E-state index contributed by atoms with van der Waals surface area (Å²) in [6.07, 6.45) is 2.56. The van der Waals surface area contributed by atoms with Crippen LogP contribution in [0.5, 0.6) is 0 Å². The van der Waals surface area contributed by atoms with E-state index in [0.29, 0.717) is 0 Å². The van der Waals surface area contributed by atoms with Crippen molar-refractivity contribution >= 4 is 5.97 Å². The maximum atomic E-state index is 10.1. The molecule has 4 nitrogen and oxygen atoms in total. The molecular weight excluding hydrogens is 168 g/mol. The number of nitrogens with one attached hydrogen (secondary N) is 1. The molecule has 0 saturated carbocycles. The Morgan fingerprint density at radius 1 is 1.46 bits per heavy atom. The Bertz CT molecular complexity index is 165. The van der Waals surface area contributed by atoms with E-state index < -0.39 is 5.97 Å². The van der Waals surface area contributed by atoms with Gasteiger partial charge >= 0.3 is 5.97 Å². The molecule has 0 aromatic heterocycles. The quantitative estimate of drug-likeness (QED) is 0.449. The van der Waals surface area contributed by atoms with Gasteiger partial charge in [-0.15, -0.1) is 0 Å². The van der Waals surface area contributed by atoms with Gasteiger partial charge in [-0.25, -0.2) is 4.79 Å². The van der Waals surface area contributed by atoms with E-state index in [4.69, 9.17) is 5.11 Å². The molecule has 0 bridgehead atoms. The van der Waals surface area contributed by atoms with E-state index >= 15 is 0 Å². The summed E-state index contributed by atoms with van der Waals surface area (Å²) in [5.74, 6) is -0.921. The van der Waals surface area contributed by atoms with Crippen molar-refractivity contribution in [2.75, 3.05) is 26.2 Å². The Labute approximate surface area is 79.2 Å². The molecule has 0 spiro atoms. The first-order valence-corrected chi connectivity index (χ1v) is 4.55. The minimum absolute atomic E-state index is 0.783. The van der Waals surface area contributed by atoms with Gasteiger partial charge in [-0.2, -0.15) is 0 Å². The van der Waals surface area contributed by atoms with Gasteiger partial charge in [-0.3, -0.25) is 0 Å². The van der Waals surface area contributed by atoms with Crippen LogP contribution in [0.4, 0.5) is 0 Å². The second kappa shape index (κ2) is 7.61. The molecule has 13 heavy (non-hydrogen) atoms. The minimum Gasteiger partial charge on any atom is -0.478 e. The molecule has 0 aromatic rings. The van der Waals surface area contributed by atoms with E-state index in [9.17, 15) is 4.79 Å². The molecule has 4 heteroatoms. The molecule has 0 aliphatic carbocycles. The number of carboxylic acids is 1. The summed E-state index contributed by atoms with van der Waals surface area (Å²) in [7, 11) is 0. The molecule has 2 N–H and O–H groups in total. The number of hydrogen-bond donors (Lipinski definition) is 2. The molecule has 0 fully saturated rings. The van der Waals surface area contributed by atoms with Crippen LogP contribution in [-0.4, -0.2) is 42.2 Å². The monoisotopic (exact) mass is 186 g/mol. The fourth-order valence-corrected chi connectivity index (χ4v) is 0.976. The molecular formula is C9H18N2O2. The predicted octanol–water partition coefficient (Wildman–Crippen LogP) is 0.516. The van der Waals surface area contributed by atoms with Gasteiger partial charge in [-0.05, 0) is 13.1 Å². The van der Waals surface area contributed by atoms with Crippen molar-refractivity contribution in [2.45, 2.75) is 13.8 Å². The number of carboxylic acid groups (broad SMARTS) is 1. The van der Waals surface area contributed by atoms with Crippen LogP contribution in [-0.2, 0) is 4.79 Å². The number of aliphatic carboxylic acids is 1. The summed E-state index contributed by atoms with van der Waals surface area (Å²) >= 11 is 0. The van der Waals surface area contributed by atoms with E-state index in [-0.39, 0.29) is 0 Å². The van der Waals surface area contributed by atoms with Crippen LogP contribution in [0.1, 0.15) is 13.8 Å². The maximum absolute atomic E-state index is 10.1. The van der Waals surface area contributed by atoms with Crippen molar-refractivity contribution in [2.24, 2.45) is 0 Å². The zero-order valence-corrected chi connectivity index (χ0v) is 8.29. The number of hydrogen-bond acceptors (Lipinski definition) is 3. The average molecular weight is 186 g/mol. The summed E-state index contributed by atoms with van der Waals surface area (Å²) in [4.78, 5) is 12.3. The standard InChI is InChI=1S/C9H18N2O2/c1-3-11(4-2)8-7-10-6-5-9(12)13/h5-6,10H,3-4,7-8H2,1-2H3,(H,12,13). The maximum Gasteiger partial charge on any atom is 0.329 e. The third-order valence-electron chi connectivity index (χ3n) is 1.81. The SMILES string of the molecule is CCN(CC)CCNC=CC(=O)O. The molecule has 0 amide bonds. The molecule has 0 aromatic carbocycles. The first-order chi connectivity index (χ1) is 6.20. The molecule has 0 atom stereocenters. The van der Waals surface area contributed by atoms with Gasteiger partial charge in [0.25, 0.3) is 0 Å². The summed E-state index contributed by atoms with van der Waals surface area (Å²) < 4.78 is 0. The van der Waals surface area contributed by atoms with E-state index in [2.05, 4.69) is 24.1 Å². The lowest BCUT2D eigenvalue weighted by Gasteiger charge is -2.17. The van der Waals surface area contributed by atoms with E-state index in [0.717, 1.165) is 32.3 Å². The van der Waals surface area contributed by atoms with Crippen molar-refractivity contribution < 1.29 is 9.90 Å². The van der Waals surface area contributed by atoms with E-state index in [1.165, 1.54) is 6.20 Å². The molecule has 0 aliphatic rings. The lowest BCUT2D eigenvalue weighted by atomic mass is 10.4. The summed E-state index contributed by atoms with van der Waals surface area (Å²) in [6.45, 7) is 8.00. The highest BCUT2D eigenvalue weighted by molar-refractivity contribution is 5.79. The lowest BCUT2D eigenvalue weighted by molar-refractivity contribution is -0.131. The third kappa shape index (κ3) is 7.33. The van der Waals surface area contributed by atoms with Crippen LogP contribution in [0.3, 0.4) is 0 Å². The van der Waals surface area contributed by atoms with Gasteiger partial charge < -0.3 is 15.3 Å². The number of rotatable bonds is 7. The Balaban J connectivity index is 3.39. The molecule has 0 unspecified atom stereocenters. The highest BCUT2D eigenvalue weighted by Gasteiger charge is 1.95. The highest BCUT2D eigenvalue weighted by atomic mass is 16.4. The largest absolute Gasteiger partial charge is 0.478 e. The topological polar surface area (TPSA) is 52.6 Å². The van der Waals surface area contributed by atoms with Gasteiger partial charge in [0, 0.05) is 25.4 Å². The van der Waals surface area contributed by atoms with Crippen LogP contribution >= 0.6 is 0 Å². The van der Waals surface area contributed by atoms with E-state index in [1.807, 2.05) is 0 Å². The second-order valence-electron chi connectivity index (χ2n) is 2.65. The molecule has 0 radical (unpaired) electrons. The predicted molar refractivity (Wildman–Crippen MR) is 52.6 cm³/mol. The van der Waals surface area contributed by atoms with Crippen molar-refractivity contribution in [1.82, 2.24) is 10.2 Å². The Morgan fingerprint density at radius 3 is 2.54 bits per heavy atom. The summed E-state index contributed by atoms with van der Waals surface area (Å²) in [5.41, 5.74) is 0. The Kier molecular flexibility index (Phi) is 7.01. The molecule has 0 saturated heterocycles. The summed E-state index contributed by atoms with van der Waals surface area (Å²) in [5, 5.41) is 11.2. The van der Waals surface area contributed by atoms with Crippen molar-refractivity contribution in [3.8, 4) is 0 Å². The smallest absolute Gasteiger partial charge is 0.329 e. The fourth-order valence-electron chi connectivity index (χ4n) is 0.976. The minimum atomic E-state index is -0.921. The average Bonchev–Trinajstić information content (AvgIpc) is 2.11. The number of nitrogens with zero attached hydrogens (tertiary/aromatic N) is 1.